The third-order valence-corrected chi connectivity index (χ3v) is 8.26. The van der Waals surface area contributed by atoms with E-state index in [1.165, 1.54) is 13.5 Å². The highest BCUT2D eigenvalue weighted by Crippen LogP contribution is 2.31. The Hall–Kier alpha value is -5.00. The fourth-order valence-corrected chi connectivity index (χ4v) is 5.81. The normalized spacial score (nSPS) is 13.2. The van der Waals surface area contributed by atoms with Crippen LogP contribution >= 0.6 is 0 Å². The van der Waals surface area contributed by atoms with E-state index < -0.39 is 35.8 Å². The lowest BCUT2D eigenvalue weighted by molar-refractivity contribution is -0.153. The zero-order valence-electron chi connectivity index (χ0n) is 29.1. The lowest BCUT2D eigenvalue weighted by Gasteiger charge is -2.29. The van der Waals surface area contributed by atoms with Crippen LogP contribution in [0.1, 0.15) is 64.9 Å². The first kappa shape index (κ1) is 37.8. The summed E-state index contributed by atoms with van der Waals surface area (Å²) in [6, 6.07) is 15.8. The smallest absolute Gasteiger partial charge is 0.319 e. The number of esters is 1. The van der Waals surface area contributed by atoms with Crippen molar-refractivity contribution >= 4 is 40.9 Å². The van der Waals surface area contributed by atoms with Gasteiger partial charge in [0.2, 0.25) is 5.91 Å². The van der Waals surface area contributed by atoms with Gasteiger partial charge < -0.3 is 29.9 Å². The van der Waals surface area contributed by atoms with E-state index in [0.29, 0.717) is 29.4 Å². The van der Waals surface area contributed by atoms with Gasteiger partial charge in [0.25, 0.3) is 5.91 Å². The Balaban J connectivity index is 1.42. The van der Waals surface area contributed by atoms with Crippen LogP contribution in [-0.4, -0.2) is 56.2 Å². The molecule has 4 amide bonds. The second kappa shape index (κ2) is 17.6. The number of anilines is 3. The molecule has 0 heterocycles. The van der Waals surface area contributed by atoms with E-state index in [0.717, 1.165) is 55.2 Å². The summed E-state index contributed by atoms with van der Waals surface area (Å²) in [6.07, 6.45) is 6.43. The number of hydrogen-bond donors (Lipinski definition) is 2. The Morgan fingerprint density at radius 3 is 2.28 bits per heavy atom. The molecule has 0 atom stereocenters. The van der Waals surface area contributed by atoms with E-state index in [4.69, 9.17) is 9.47 Å². The molecule has 0 bridgehead atoms. The van der Waals surface area contributed by atoms with Gasteiger partial charge in [-0.15, -0.1) is 0 Å². The lowest BCUT2D eigenvalue weighted by atomic mass is 9.87. The van der Waals surface area contributed by atoms with Crippen molar-refractivity contribution in [1.29, 1.82) is 0 Å². The number of amides is 4. The molecule has 12 heteroatoms. The van der Waals surface area contributed by atoms with Gasteiger partial charge in [-0.3, -0.25) is 14.4 Å². The number of ether oxygens (including phenoxy) is 2. The molecule has 1 fully saturated rings. The fourth-order valence-electron chi connectivity index (χ4n) is 5.81. The molecule has 3 aromatic carbocycles. The third-order valence-electron chi connectivity index (χ3n) is 8.26. The predicted octanol–water partition coefficient (Wildman–Crippen LogP) is 7.02. The molecule has 2 N–H and O–H groups in total. The Kier molecular flexibility index (Phi) is 13.3. The lowest BCUT2D eigenvalue weighted by Crippen LogP contribution is -2.42. The monoisotopic (exact) mass is 692 g/mol. The number of nitrogens with zero attached hydrogens (tertiary/aromatic N) is 2. The van der Waals surface area contributed by atoms with Crippen molar-refractivity contribution in [2.24, 2.45) is 5.92 Å². The van der Waals surface area contributed by atoms with Crippen LogP contribution < -0.4 is 25.2 Å². The number of carbonyl (C=O) groups excluding carboxylic acids is 4. The van der Waals surface area contributed by atoms with Gasteiger partial charge in [0, 0.05) is 31.0 Å². The first-order valence-electron chi connectivity index (χ1n) is 16.9. The largest absolute Gasteiger partial charge is 0.482 e. The zero-order chi connectivity index (χ0) is 36.3. The molecule has 3 aromatic rings. The number of hydrogen-bond acceptors (Lipinski definition) is 6. The van der Waals surface area contributed by atoms with Crippen LogP contribution in [0.3, 0.4) is 0 Å². The average molecular weight is 693 g/mol. The van der Waals surface area contributed by atoms with Crippen molar-refractivity contribution in [2.75, 3.05) is 41.9 Å². The van der Waals surface area contributed by atoms with Gasteiger partial charge in [-0.2, -0.15) is 0 Å². The molecule has 0 aliphatic heterocycles. The summed E-state index contributed by atoms with van der Waals surface area (Å²) in [7, 11) is 1.39. The van der Waals surface area contributed by atoms with E-state index in [2.05, 4.69) is 10.6 Å². The molecular weight excluding hydrogens is 646 g/mol. The number of nitrogens with one attached hydrogen (secondary N) is 2. The van der Waals surface area contributed by atoms with Crippen LogP contribution in [0.15, 0.2) is 66.7 Å². The van der Waals surface area contributed by atoms with Gasteiger partial charge in [0.05, 0.1) is 18.7 Å². The van der Waals surface area contributed by atoms with Gasteiger partial charge in [-0.05, 0) is 75.1 Å². The van der Waals surface area contributed by atoms with E-state index in [1.54, 1.807) is 74.2 Å². The van der Waals surface area contributed by atoms with E-state index in [1.807, 2.05) is 0 Å². The van der Waals surface area contributed by atoms with Gasteiger partial charge in [0.15, 0.2) is 6.61 Å². The molecule has 50 heavy (non-hydrogen) atoms. The summed E-state index contributed by atoms with van der Waals surface area (Å²) >= 11 is 0. The fraction of sp³-hybridized carbons (Fsp3) is 0.421. The highest BCUT2D eigenvalue weighted by molar-refractivity contribution is 5.99. The van der Waals surface area contributed by atoms with Gasteiger partial charge in [-0.25, -0.2) is 13.6 Å². The maximum absolute atomic E-state index is 13.8. The number of rotatable bonds is 13. The molecule has 10 nitrogen and oxygen atoms in total. The molecule has 0 spiro atoms. The minimum absolute atomic E-state index is 0.0350. The molecule has 0 unspecified atom stereocenters. The number of carbonyl (C=O) groups is 4. The highest BCUT2D eigenvalue weighted by Gasteiger charge is 2.24. The Morgan fingerprint density at radius 2 is 1.58 bits per heavy atom. The molecule has 4 rings (SSSR count). The van der Waals surface area contributed by atoms with Crippen molar-refractivity contribution in [1.82, 2.24) is 5.32 Å². The average Bonchev–Trinajstić information content (AvgIpc) is 3.05. The standard InChI is InChI=1S/C38H46F2N4O6/c1-38(2,3)50-36(47)20-27-13-10-14-30(19-27)42-37(48)41-24-34(45)44(18-17-26-11-6-5-7-12-26)32-15-8-9-16-33(32)49-25-35(46)43(4)31-22-28(39)21-29(40)23-31/h8-10,13-16,19,21-23,26H,5-7,11-12,17-18,20,24-25H2,1-4H3,(H2,41,42,48). The van der Waals surface area contributed by atoms with Crippen LogP contribution in [0.25, 0.3) is 0 Å². The molecule has 1 saturated carbocycles. The number of benzene rings is 3. The predicted molar refractivity (Wildman–Crippen MR) is 188 cm³/mol. The Bertz CT molecular complexity index is 1630. The van der Waals surface area contributed by atoms with Crippen LogP contribution in [0.2, 0.25) is 0 Å². The van der Waals surface area contributed by atoms with Crippen LogP contribution in [0.4, 0.5) is 30.6 Å². The SMILES string of the molecule is CN(C(=O)COc1ccccc1N(CCC1CCCCC1)C(=O)CNC(=O)Nc1cccc(CC(=O)OC(C)(C)C)c1)c1cc(F)cc(F)c1. The summed E-state index contributed by atoms with van der Waals surface area (Å²) in [6.45, 7) is 4.96. The van der Waals surface area contributed by atoms with Crippen LogP contribution in [0, 0.1) is 17.6 Å². The van der Waals surface area contributed by atoms with Crippen molar-refractivity contribution in [3.63, 3.8) is 0 Å². The zero-order valence-corrected chi connectivity index (χ0v) is 29.1. The molecule has 268 valence electrons. The van der Waals surface area contributed by atoms with Crippen molar-refractivity contribution in [3.05, 3.63) is 83.9 Å². The first-order chi connectivity index (χ1) is 23.8. The highest BCUT2D eigenvalue weighted by atomic mass is 19.1. The van der Waals surface area contributed by atoms with E-state index in [9.17, 15) is 28.0 Å². The minimum atomic E-state index is -0.813. The topological polar surface area (TPSA) is 117 Å². The first-order valence-corrected chi connectivity index (χ1v) is 16.9. The summed E-state index contributed by atoms with van der Waals surface area (Å²) in [5, 5.41) is 5.34. The van der Waals surface area contributed by atoms with E-state index in [-0.39, 0.29) is 36.3 Å². The van der Waals surface area contributed by atoms with E-state index >= 15 is 0 Å². The quantitative estimate of drug-likeness (QED) is 0.186. The molecule has 0 aromatic heterocycles. The number of likely N-dealkylation sites (N-methyl/N-ethyl adjacent to an activating group) is 1. The number of urea groups is 1. The summed E-state index contributed by atoms with van der Waals surface area (Å²) in [5.74, 6) is -2.23. The summed E-state index contributed by atoms with van der Waals surface area (Å²) in [4.78, 5) is 54.5. The molecule has 1 aliphatic carbocycles. The van der Waals surface area contributed by atoms with Gasteiger partial charge >= 0.3 is 12.0 Å². The minimum Gasteiger partial charge on any atom is -0.482 e. The van der Waals surface area contributed by atoms with Crippen molar-refractivity contribution < 1.29 is 37.4 Å². The number of halogens is 2. The van der Waals surface area contributed by atoms with Crippen LogP contribution in [-0.2, 0) is 25.5 Å². The Morgan fingerprint density at radius 1 is 0.880 bits per heavy atom. The van der Waals surface area contributed by atoms with Gasteiger partial charge in [-0.1, -0.05) is 56.4 Å². The molecular formula is C38H46F2N4O6. The van der Waals surface area contributed by atoms with Gasteiger partial charge in [0.1, 0.15) is 23.0 Å². The maximum Gasteiger partial charge on any atom is 0.319 e. The second-order valence-electron chi connectivity index (χ2n) is 13.4. The van der Waals surface area contributed by atoms with Crippen LogP contribution in [0.5, 0.6) is 5.75 Å². The Labute approximate surface area is 292 Å². The van der Waals surface area contributed by atoms with Crippen molar-refractivity contribution in [2.45, 2.75) is 71.3 Å². The summed E-state index contributed by atoms with van der Waals surface area (Å²) < 4.78 is 38.8. The maximum atomic E-state index is 13.8. The second-order valence-corrected chi connectivity index (χ2v) is 13.4. The van der Waals surface area contributed by atoms with Crippen molar-refractivity contribution in [3.8, 4) is 5.75 Å². The molecule has 1 aliphatic rings. The molecule has 0 radical (unpaired) electrons. The molecule has 0 saturated heterocycles. The third kappa shape index (κ3) is 11.9. The number of para-hydroxylation sites is 2. The summed E-state index contributed by atoms with van der Waals surface area (Å²) in [5.41, 5.74) is 0.951.